The van der Waals surface area contributed by atoms with Crippen LogP contribution in [0.5, 0.6) is 0 Å². The lowest BCUT2D eigenvalue weighted by Crippen LogP contribution is -2.29. The van der Waals surface area contributed by atoms with Crippen LogP contribution in [0.15, 0.2) is 24.3 Å². The molecule has 0 aliphatic heterocycles. The largest absolute Gasteiger partial charge is 0.478 e. The number of hydrogen-bond acceptors (Lipinski definition) is 5. The number of nitrogens with one attached hydrogen (secondary N) is 1. The van der Waals surface area contributed by atoms with Crippen LogP contribution in [0, 0.1) is 0 Å². The summed E-state index contributed by atoms with van der Waals surface area (Å²) in [5.41, 5.74) is 5.23. The second-order valence-corrected chi connectivity index (χ2v) is 5.98. The Morgan fingerprint density at radius 3 is 2.67 bits per heavy atom. The highest BCUT2D eigenvalue weighted by Gasteiger charge is 2.12. The van der Waals surface area contributed by atoms with Gasteiger partial charge >= 0.3 is 5.97 Å². The van der Waals surface area contributed by atoms with Crippen LogP contribution in [0.1, 0.15) is 15.9 Å². The minimum atomic E-state index is -3.62. The van der Waals surface area contributed by atoms with E-state index in [1.807, 2.05) is 0 Å². The Hall–Kier alpha value is -1.97. The van der Waals surface area contributed by atoms with Gasteiger partial charge in [0.2, 0.25) is 15.9 Å². The van der Waals surface area contributed by atoms with Crippen LogP contribution in [0.25, 0.3) is 0 Å². The summed E-state index contributed by atoms with van der Waals surface area (Å²) in [6, 6.07) is 5.67. The SMILES string of the molecule is NC(=O)COCCNS(=O)(=O)Cc1cccc(C(=O)O)c1. The van der Waals surface area contributed by atoms with Gasteiger partial charge in [0.15, 0.2) is 0 Å². The summed E-state index contributed by atoms with van der Waals surface area (Å²) in [4.78, 5) is 21.2. The second-order valence-electron chi connectivity index (χ2n) is 4.18. The molecule has 1 aromatic carbocycles. The van der Waals surface area contributed by atoms with E-state index < -0.39 is 21.9 Å². The number of ether oxygens (including phenoxy) is 1. The molecule has 0 spiro atoms. The van der Waals surface area contributed by atoms with Crippen LogP contribution < -0.4 is 10.5 Å². The van der Waals surface area contributed by atoms with Gasteiger partial charge in [0.1, 0.15) is 6.61 Å². The number of primary amides is 1. The first kappa shape index (κ1) is 17.1. The number of carboxylic acid groups (broad SMARTS) is 1. The van der Waals surface area contributed by atoms with Gasteiger partial charge in [-0.3, -0.25) is 4.79 Å². The van der Waals surface area contributed by atoms with Gasteiger partial charge in [-0.1, -0.05) is 12.1 Å². The van der Waals surface area contributed by atoms with Crippen molar-refractivity contribution in [2.24, 2.45) is 5.73 Å². The molecule has 0 saturated carbocycles. The molecule has 0 fully saturated rings. The van der Waals surface area contributed by atoms with Gasteiger partial charge in [0.05, 0.1) is 17.9 Å². The fourth-order valence-corrected chi connectivity index (χ4v) is 2.62. The first-order valence-corrected chi connectivity index (χ1v) is 7.61. The van der Waals surface area contributed by atoms with Gasteiger partial charge in [0, 0.05) is 6.54 Å². The van der Waals surface area contributed by atoms with E-state index in [1.165, 1.54) is 24.3 Å². The third kappa shape index (κ3) is 6.84. The standard InChI is InChI=1S/C12H16N2O6S/c13-11(15)7-20-5-4-14-21(18,19)8-9-2-1-3-10(6-9)12(16)17/h1-3,6,14H,4-5,7-8H2,(H2,13,15)(H,16,17). The van der Waals surface area contributed by atoms with Crippen molar-refractivity contribution in [3.8, 4) is 0 Å². The number of benzene rings is 1. The van der Waals surface area contributed by atoms with E-state index in [2.05, 4.69) is 4.72 Å². The number of carbonyl (C=O) groups is 2. The summed E-state index contributed by atoms with van der Waals surface area (Å²) < 4.78 is 30.6. The molecule has 8 nitrogen and oxygen atoms in total. The minimum absolute atomic E-state index is 0.00572. The highest BCUT2D eigenvalue weighted by molar-refractivity contribution is 7.88. The molecule has 0 saturated heterocycles. The molecule has 0 aliphatic rings. The number of amides is 1. The Balaban J connectivity index is 2.50. The number of aromatic carboxylic acids is 1. The minimum Gasteiger partial charge on any atom is -0.478 e. The Morgan fingerprint density at radius 2 is 2.05 bits per heavy atom. The molecule has 0 radical (unpaired) electrons. The van der Waals surface area contributed by atoms with Crippen molar-refractivity contribution < 1.29 is 27.9 Å². The monoisotopic (exact) mass is 316 g/mol. The molecule has 0 unspecified atom stereocenters. The Morgan fingerprint density at radius 1 is 1.33 bits per heavy atom. The number of nitrogens with two attached hydrogens (primary N) is 1. The van der Waals surface area contributed by atoms with Crippen LogP contribution in [-0.2, 0) is 25.3 Å². The molecule has 0 aromatic heterocycles. The number of hydrogen-bond donors (Lipinski definition) is 3. The lowest BCUT2D eigenvalue weighted by molar-refractivity contribution is -0.122. The van der Waals surface area contributed by atoms with Gasteiger partial charge in [-0.25, -0.2) is 17.9 Å². The number of rotatable bonds is 9. The molecule has 0 atom stereocenters. The van der Waals surface area contributed by atoms with E-state index in [-0.39, 0.29) is 31.1 Å². The van der Waals surface area contributed by atoms with Crippen molar-refractivity contribution in [3.05, 3.63) is 35.4 Å². The van der Waals surface area contributed by atoms with Crippen molar-refractivity contribution in [3.63, 3.8) is 0 Å². The van der Waals surface area contributed by atoms with E-state index in [4.69, 9.17) is 15.6 Å². The molecule has 0 heterocycles. The average Bonchev–Trinajstić information content (AvgIpc) is 2.37. The van der Waals surface area contributed by atoms with E-state index in [0.717, 1.165) is 0 Å². The van der Waals surface area contributed by atoms with Gasteiger partial charge in [-0.05, 0) is 17.7 Å². The normalized spacial score (nSPS) is 11.2. The Kier molecular flexibility index (Phi) is 6.28. The molecule has 0 aliphatic carbocycles. The molecule has 9 heteroatoms. The maximum Gasteiger partial charge on any atom is 0.335 e. The van der Waals surface area contributed by atoms with Crippen LogP contribution in [0.2, 0.25) is 0 Å². The first-order chi connectivity index (χ1) is 9.80. The van der Waals surface area contributed by atoms with Gasteiger partial charge in [-0.2, -0.15) is 0 Å². The summed E-state index contributed by atoms with van der Waals surface area (Å²) >= 11 is 0. The molecule has 21 heavy (non-hydrogen) atoms. The molecule has 0 bridgehead atoms. The fraction of sp³-hybridized carbons (Fsp3) is 0.333. The highest BCUT2D eigenvalue weighted by Crippen LogP contribution is 2.08. The van der Waals surface area contributed by atoms with Gasteiger partial charge < -0.3 is 15.6 Å². The molecule has 1 aromatic rings. The zero-order valence-corrected chi connectivity index (χ0v) is 11.9. The van der Waals surface area contributed by atoms with Gasteiger partial charge in [-0.15, -0.1) is 0 Å². The number of sulfonamides is 1. The fourth-order valence-electron chi connectivity index (χ4n) is 1.51. The average molecular weight is 316 g/mol. The number of carbonyl (C=O) groups excluding carboxylic acids is 1. The molecular formula is C12H16N2O6S. The van der Waals surface area contributed by atoms with Crippen molar-refractivity contribution in [1.29, 1.82) is 0 Å². The summed E-state index contributed by atoms with van der Waals surface area (Å²) in [5, 5.41) is 8.83. The maximum atomic E-state index is 11.8. The first-order valence-electron chi connectivity index (χ1n) is 5.96. The molecule has 1 rings (SSSR count). The Labute approximate surface area is 122 Å². The highest BCUT2D eigenvalue weighted by atomic mass is 32.2. The van der Waals surface area contributed by atoms with Gasteiger partial charge in [0.25, 0.3) is 0 Å². The second kappa shape index (κ2) is 7.72. The van der Waals surface area contributed by atoms with Crippen molar-refractivity contribution in [2.75, 3.05) is 19.8 Å². The quantitative estimate of drug-likeness (QED) is 0.516. The maximum absolute atomic E-state index is 11.8. The third-order valence-electron chi connectivity index (χ3n) is 2.34. The van der Waals surface area contributed by atoms with E-state index >= 15 is 0 Å². The van der Waals surface area contributed by atoms with Crippen molar-refractivity contribution >= 4 is 21.9 Å². The Bertz CT molecular complexity index is 614. The summed E-state index contributed by atoms with van der Waals surface area (Å²) in [6.45, 7) is -0.270. The zero-order valence-electron chi connectivity index (χ0n) is 11.1. The van der Waals surface area contributed by atoms with Crippen LogP contribution in [-0.4, -0.2) is 45.2 Å². The smallest absolute Gasteiger partial charge is 0.335 e. The summed E-state index contributed by atoms with van der Waals surface area (Å²) in [6.07, 6.45) is 0. The molecule has 116 valence electrons. The lowest BCUT2D eigenvalue weighted by atomic mass is 10.1. The zero-order chi connectivity index (χ0) is 15.9. The summed E-state index contributed by atoms with van der Waals surface area (Å²) in [7, 11) is -3.62. The topological polar surface area (TPSA) is 136 Å². The van der Waals surface area contributed by atoms with Crippen LogP contribution in [0.4, 0.5) is 0 Å². The van der Waals surface area contributed by atoms with Crippen LogP contribution in [0.3, 0.4) is 0 Å². The van der Waals surface area contributed by atoms with Crippen molar-refractivity contribution in [2.45, 2.75) is 5.75 Å². The number of carboxylic acids is 1. The van der Waals surface area contributed by atoms with E-state index in [9.17, 15) is 18.0 Å². The predicted molar refractivity (Wildman–Crippen MR) is 74.0 cm³/mol. The third-order valence-corrected chi connectivity index (χ3v) is 3.70. The van der Waals surface area contributed by atoms with E-state index in [0.29, 0.717) is 5.56 Å². The molecule has 1 amide bonds. The van der Waals surface area contributed by atoms with Crippen LogP contribution >= 0.6 is 0 Å². The predicted octanol–water partition coefficient (Wildman–Crippen LogP) is -0.694. The molecule has 4 N–H and O–H groups in total. The molecular weight excluding hydrogens is 300 g/mol. The lowest BCUT2D eigenvalue weighted by Gasteiger charge is -2.07. The van der Waals surface area contributed by atoms with Crippen molar-refractivity contribution in [1.82, 2.24) is 4.72 Å². The van der Waals surface area contributed by atoms with E-state index in [1.54, 1.807) is 0 Å². The summed E-state index contributed by atoms with van der Waals surface area (Å²) in [5.74, 6) is -2.10.